The van der Waals surface area contributed by atoms with Crippen LogP contribution >= 0.6 is 0 Å². The molecule has 1 unspecified atom stereocenters. The average molecular weight is 268 g/mol. The third kappa shape index (κ3) is 1.93. The number of rotatable bonds is 2. The summed E-state index contributed by atoms with van der Waals surface area (Å²) in [4.78, 5) is 29.9. The summed E-state index contributed by atoms with van der Waals surface area (Å²) in [5.41, 5.74) is 0.617. The SMILES string of the molecule is COc1ccc(C2C(=O)N=C3C=CC=CN3C2=O)cc1. The van der Waals surface area contributed by atoms with Gasteiger partial charge in [-0.25, -0.2) is 0 Å². The Kier molecular flexibility index (Phi) is 2.95. The van der Waals surface area contributed by atoms with E-state index < -0.39 is 11.8 Å². The Hall–Kier alpha value is -2.69. The maximum atomic E-state index is 12.4. The summed E-state index contributed by atoms with van der Waals surface area (Å²) in [6, 6.07) is 6.87. The highest BCUT2D eigenvalue weighted by atomic mass is 16.5. The van der Waals surface area contributed by atoms with Gasteiger partial charge in [-0.15, -0.1) is 0 Å². The maximum Gasteiger partial charge on any atom is 0.264 e. The fraction of sp³-hybridized carbons (Fsp3) is 0.133. The molecule has 3 rings (SSSR count). The summed E-state index contributed by atoms with van der Waals surface area (Å²) in [6.07, 6.45) is 6.73. The van der Waals surface area contributed by atoms with Crippen LogP contribution in [0.4, 0.5) is 0 Å². The molecule has 5 nitrogen and oxygen atoms in total. The molecule has 5 heteroatoms. The normalized spacial score (nSPS) is 20.8. The fourth-order valence-electron chi connectivity index (χ4n) is 2.22. The quantitative estimate of drug-likeness (QED) is 0.766. The van der Waals surface area contributed by atoms with Crippen molar-refractivity contribution in [2.45, 2.75) is 5.92 Å². The van der Waals surface area contributed by atoms with Crippen molar-refractivity contribution in [3.05, 3.63) is 54.3 Å². The standard InChI is InChI=1S/C15H12N2O3/c1-20-11-7-5-10(6-8-11)13-14(18)16-12-4-2-3-9-17(12)15(13)19/h2-9,13H,1H3. The Balaban J connectivity index is 1.99. The Morgan fingerprint density at radius 2 is 1.90 bits per heavy atom. The third-order valence-corrected chi connectivity index (χ3v) is 3.24. The molecule has 0 saturated carbocycles. The highest BCUT2D eigenvalue weighted by Crippen LogP contribution is 2.27. The zero-order chi connectivity index (χ0) is 14.1. The van der Waals surface area contributed by atoms with E-state index in [9.17, 15) is 9.59 Å². The van der Waals surface area contributed by atoms with Crippen molar-refractivity contribution in [1.82, 2.24) is 4.90 Å². The summed E-state index contributed by atoms with van der Waals surface area (Å²) in [6.45, 7) is 0. The number of fused-ring (bicyclic) bond motifs is 1. The summed E-state index contributed by atoms with van der Waals surface area (Å²) in [5.74, 6) is -0.570. The van der Waals surface area contributed by atoms with Gasteiger partial charge in [0.25, 0.3) is 5.91 Å². The monoisotopic (exact) mass is 268 g/mol. The van der Waals surface area contributed by atoms with Gasteiger partial charge in [0.2, 0.25) is 5.91 Å². The Bertz CT molecular complexity index is 656. The van der Waals surface area contributed by atoms with Crippen LogP contribution in [0.5, 0.6) is 5.75 Å². The minimum Gasteiger partial charge on any atom is -0.497 e. The van der Waals surface area contributed by atoms with Crippen LogP contribution in [0.2, 0.25) is 0 Å². The van der Waals surface area contributed by atoms with Crippen molar-refractivity contribution < 1.29 is 14.3 Å². The molecule has 1 aromatic rings. The number of hydrogen-bond donors (Lipinski definition) is 0. The van der Waals surface area contributed by atoms with Gasteiger partial charge >= 0.3 is 0 Å². The minimum absolute atomic E-state index is 0.286. The molecule has 0 N–H and O–H groups in total. The lowest BCUT2D eigenvalue weighted by atomic mass is 9.95. The fourth-order valence-corrected chi connectivity index (χ4v) is 2.22. The number of allylic oxidation sites excluding steroid dienone is 2. The van der Waals surface area contributed by atoms with Crippen LogP contribution in [0.1, 0.15) is 11.5 Å². The number of amidine groups is 1. The molecule has 0 bridgehead atoms. The van der Waals surface area contributed by atoms with Crippen molar-refractivity contribution in [2.24, 2.45) is 4.99 Å². The lowest BCUT2D eigenvalue weighted by molar-refractivity contribution is -0.134. The molecule has 0 radical (unpaired) electrons. The van der Waals surface area contributed by atoms with Gasteiger partial charge < -0.3 is 4.74 Å². The molecule has 20 heavy (non-hydrogen) atoms. The minimum atomic E-state index is -0.888. The third-order valence-electron chi connectivity index (χ3n) is 3.24. The first-order valence-corrected chi connectivity index (χ1v) is 6.15. The summed E-state index contributed by atoms with van der Waals surface area (Å²) in [5, 5.41) is 0. The van der Waals surface area contributed by atoms with E-state index in [1.165, 1.54) is 4.90 Å². The first kappa shape index (κ1) is 12.3. The summed E-state index contributed by atoms with van der Waals surface area (Å²) in [7, 11) is 1.56. The zero-order valence-electron chi connectivity index (χ0n) is 10.8. The number of aliphatic imine (C=N–C) groups is 1. The number of ether oxygens (including phenoxy) is 1. The molecule has 0 aromatic heterocycles. The number of nitrogens with zero attached hydrogens (tertiary/aromatic N) is 2. The van der Waals surface area contributed by atoms with Crippen molar-refractivity contribution in [2.75, 3.05) is 7.11 Å². The van der Waals surface area contributed by atoms with Crippen molar-refractivity contribution in [1.29, 1.82) is 0 Å². The number of hydrogen-bond acceptors (Lipinski definition) is 3. The number of amides is 2. The Labute approximate surface area is 115 Å². The molecule has 2 heterocycles. The topological polar surface area (TPSA) is 59.0 Å². The smallest absolute Gasteiger partial charge is 0.264 e. The van der Waals surface area contributed by atoms with Gasteiger partial charge in [0.15, 0.2) is 0 Å². The molecular weight excluding hydrogens is 256 g/mol. The molecule has 0 saturated heterocycles. The number of methoxy groups -OCH3 is 1. The molecular formula is C15H12N2O3. The van der Waals surface area contributed by atoms with E-state index in [2.05, 4.69) is 4.99 Å². The molecule has 0 aliphatic carbocycles. The molecule has 100 valence electrons. The predicted molar refractivity (Wildman–Crippen MR) is 73.3 cm³/mol. The van der Waals surface area contributed by atoms with Gasteiger partial charge in [-0.3, -0.25) is 14.5 Å². The van der Waals surface area contributed by atoms with Crippen LogP contribution in [0, 0.1) is 0 Å². The average Bonchev–Trinajstić information content (AvgIpc) is 2.48. The number of carbonyl (C=O) groups is 2. The van der Waals surface area contributed by atoms with Gasteiger partial charge in [0, 0.05) is 6.20 Å². The van der Waals surface area contributed by atoms with Crippen LogP contribution in [-0.2, 0) is 9.59 Å². The maximum absolute atomic E-state index is 12.4. The van der Waals surface area contributed by atoms with E-state index in [1.807, 2.05) is 0 Å². The molecule has 2 amide bonds. The van der Waals surface area contributed by atoms with Gasteiger partial charge in [0.05, 0.1) is 7.11 Å². The summed E-state index contributed by atoms with van der Waals surface area (Å²) >= 11 is 0. The van der Waals surface area contributed by atoms with Crippen LogP contribution in [-0.4, -0.2) is 29.7 Å². The highest BCUT2D eigenvalue weighted by Gasteiger charge is 2.37. The second-order valence-electron chi connectivity index (χ2n) is 4.42. The van der Waals surface area contributed by atoms with E-state index >= 15 is 0 Å². The van der Waals surface area contributed by atoms with Crippen LogP contribution < -0.4 is 4.74 Å². The summed E-state index contributed by atoms with van der Waals surface area (Å²) < 4.78 is 5.07. The molecule has 0 spiro atoms. The largest absolute Gasteiger partial charge is 0.497 e. The van der Waals surface area contributed by atoms with E-state index in [1.54, 1.807) is 55.8 Å². The highest BCUT2D eigenvalue weighted by molar-refractivity contribution is 6.22. The number of carbonyl (C=O) groups excluding carboxylic acids is 2. The Morgan fingerprint density at radius 1 is 1.15 bits per heavy atom. The van der Waals surface area contributed by atoms with Crippen molar-refractivity contribution in [3.8, 4) is 5.75 Å². The first-order chi connectivity index (χ1) is 9.70. The van der Waals surface area contributed by atoms with Crippen LogP contribution in [0.15, 0.2) is 53.7 Å². The Morgan fingerprint density at radius 3 is 2.60 bits per heavy atom. The van der Waals surface area contributed by atoms with Crippen molar-refractivity contribution in [3.63, 3.8) is 0 Å². The molecule has 0 fully saturated rings. The lowest BCUT2D eigenvalue weighted by Crippen LogP contribution is -2.43. The second-order valence-corrected chi connectivity index (χ2v) is 4.42. The predicted octanol–water partition coefficient (Wildman–Crippen LogP) is 1.63. The molecule has 2 aliphatic rings. The van der Waals surface area contributed by atoms with Gasteiger partial charge in [0.1, 0.15) is 17.5 Å². The zero-order valence-corrected chi connectivity index (χ0v) is 10.8. The van der Waals surface area contributed by atoms with E-state index in [-0.39, 0.29) is 5.91 Å². The van der Waals surface area contributed by atoms with Gasteiger partial charge in [-0.1, -0.05) is 18.2 Å². The van der Waals surface area contributed by atoms with Crippen LogP contribution in [0.3, 0.4) is 0 Å². The van der Waals surface area contributed by atoms with Gasteiger partial charge in [-0.2, -0.15) is 4.99 Å². The lowest BCUT2D eigenvalue weighted by Gasteiger charge is -2.28. The molecule has 2 aliphatic heterocycles. The van der Waals surface area contributed by atoms with Crippen LogP contribution in [0.25, 0.3) is 0 Å². The van der Waals surface area contributed by atoms with Gasteiger partial charge in [-0.05, 0) is 29.8 Å². The first-order valence-electron chi connectivity index (χ1n) is 6.15. The van der Waals surface area contributed by atoms with E-state index in [4.69, 9.17) is 4.74 Å². The number of benzene rings is 1. The van der Waals surface area contributed by atoms with Crippen molar-refractivity contribution >= 4 is 17.6 Å². The van der Waals surface area contributed by atoms with E-state index in [0.29, 0.717) is 17.1 Å². The molecule has 1 atom stereocenters. The molecule has 1 aromatic carbocycles. The second kappa shape index (κ2) is 4.77. The van der Waals surface area contributed by atoms with E-state index in [0.717, 1.165) is 0 Å².